The number of amides is 2. The number of urea groups is 1. The van der Waals surface area contributed by atoms with Crippen LogP contribution < -0.4 is 16.0 Å². The predicted molar refractivity (Wildman–Crippen MR) is 182 cm³/mol. The van der Waals surface area contributed by atoms with Gasteiger partial charge in [0.05, 0.1) is 32.5 Å². The van der Waals surface area contributed by atoms with Crippen LogP contribution in [0.3, 0.4) is 0 Å². The second-order valence-electron chi connectivity index (χ2n) is 10.2. The minimum atomic E-state index is -0.833. The summed E-state index contributed by atoms with van der Waals surface area (Å²) in [4.78, 5) is 21.3. The second-order valence-corrected chi connectivity index (χ2v) is 11.4. The highest BCUT2D eigenvalue weighted by Gasteiger charge is 2.10. The van der Waals surface area contributed by atoms with Gasteiger partial charge in [-0.05, 0) is 95.6 Å². The first kappa shape index (κ1) is 37.9. The first-order valence-corrected chi connectivity index (χ1v) is 15.8. The van der Waals surface area contributed by atoms with Crippen LogP contribution in [0.1, 0.15) is 55.4 Å². The SMILES string of the molecule is CC(=O)O.O=C(Nc1cccc(I)c1)Nc1cccc(COCCOCCCCCCNC[C@H](O)c2ccc(O)c(CO)c2)c1. The zero-order valence-electron chi connectivity index (χ0n) is 25.5. The van der Waals surface area contributed by atoms with Crippen molar-refractivity contribution in [3.63, 3.8) is 0 Å². The van der Waals surface area contributed by atoms with Crippen LogP contribution in [0.4, 0.5) is 16.2 Å². The van der Waals surface area contributed by atoms with Crippen molar-refractivity contribution in [1.29, 1.82) is 0 Å². The molecule has 0 saturated heterocycles. The number of carbonyl (C=O) groups is 2. The van der Waals surface area contributed by atoms with Crippen LogP contribution in [-0.2, 0) is 27.5 Å². The van der Waals surface area contributed by atoms with Crippen molar-refractivity contribution in [2.45, 2.75) is 51.9 Å². The van der Waals surface area contributed by atoms with Gasteiger partial charge in [-0.3, -0.25) is 4.79 Å². The van der Waals surface area contributed by atoms with Crippen LogP contribution in [-0.4, -0.2) is 65.3 Å². The highest BCUT2D eigenvalue weighted by molar-refractivity contribution is 14.1. The monoisotopic (exact) mass is 737 g/mol. The molecule has 0 heterocycles. The van der Waals surface area contributed by atoms with E-state index in [1.807, 2.05) is 48.5 Å². The number of aromatic hydroxyl groups is 1. The van der Waals surface area contributed by atoms with Crippen molar-refractivity contribution < 1.29 is 39.5 Å². The Balaban J connectivity index is 0.00000166. The molecule has 246 valence electrons. The molecule has 3 aromatic carbocycles. The topological polar surface area (TPSA) is 170 Å². The molecule has 1 atom stereocenters. The normalized spacial score (nSPS) is 11.3. The number of aliphatic carboxylic acids is 1. The van der Waals surface area contributed by atoms with E-state index in [0.29, 0.717) is 49.8 Å². The van der Waals surface area contributed by atoms with Gasteiger partial charge in [-0.25, -0.2) is 4.79 Å². The van der Waals surface area contributed by atoms with Gasteiger partial charge in [-0.1, -0.05) is 37.1 Å². The number of nitrogens with one attached hydrogen (secondary N) is 3. The molecular formula is C33H44IN3O8. The molecule has 0 bridgehead atoms. The van der Waals surface area contributed by atoms with Crippen molar-refractivity contribution in [3.8, 4) is 5.75 Å². The third-order valence-corrected chi connectivity index (χ3v) is 6.97. The Labute approximate surface area is 278 Å². The Bertz CT molecular complexity index is 1310. The number of carboxylic acids is 1. The molecule has 0 aliphatic heterocycles. The number of ether oxygens (including phenoxy) is 2. The molecule has 0 fully saturated rings. The number of aliphatic hydroxyl groups excluding tert-OH is 2. The van der Waals surface area contributed by atoms with E-state index in [1.54, 1.807) is 12.1 Å². The molecule has 0 aliphatic carbocycles. The van der Waals surface area contributed by atoms with E-state index in [4.69, 9.17) is 19.4 Å². The number of benzene rings is 3. The average Bonchev–Trinajstić information content (AvgIpc) is 2.99. The van der Waals surface area contributed by atoms with Crippen molar-refractivity contribution in [3.05, 3.63) is 87.0 Å². The molecule has 12 heteroatoms. The van der Waals surface area contributed by atoms with Crippen LogP contribution in [0, 0.1) is 3.57 Å². The minimum absolute atomic E-state index is 0.0323. The number of unbranched alkanes of at least 4 members (excludes halogenated alkanes) is 3. The van der Waals surface area contributed by atoms with Gasteiger partial charge in [0.25, 0.3) is 5.97 Å². The lowest BCUT2D eigenvalue weighted by molar-refractivity contribution is -0.134. The van der Waals surface area contributed by atoms with Crippen molar-refractivity contribution in [1.82, 2.24) is 5.32 Å². The lowest BCUT2D eigenvalue weighted by Gasteiger charge is -2.14. The van der Waals surface area contributed by atoms with Gasteiger partial charge >= 0.3 is 6.03 Å². The Kier molecular flexibility index (Phi) is 18.8. The summed E-state index contributed by atoms with van der Waals surface area (Å²) in [6, 6.07) is 19.7. The summed E-state index contributed by atoms with van der Waals surface area (Å²) in [6.45, 7) is 4.21. The molecule has 0 saturated carbocycles. The summed E-state index contributed by atoms with van der Waals surface area (Å²) >= 11 is 2.20. The number of carbonyl (C=O) groups excluding carboxylic acids is 1. The van der Waals surface area contributed by atoms with Crippen LogP contribution >= 0.6 is 22.6 Å². The van der Waals surface area contributed by atoms with Gasteiger partial charge in [0.15, 0.2) is 0 Å². The number of anilines is 2. The van der Waals surface area contributed by atoms with Gasteiger partial charge in [0.1, 0.15) is 5.75 Å². The largest absolute Gasteiger partial charge is 0.508 e. The third-order valence-electron chi connectivity index (χ3n) is 6.30. The molecule has 2 amide bonds. The summed E-state index contributed by atoms with van der Waals surface area (Å²) in [5.41, 5.74) is 3.49. The van der Waals surface area contributed by atoms with Crippen molar-refractivity contribution in [2.24, 2.45) is 0 Å². The van der Waals surface area contributed by atoms with E-state index >= 15 is 0 Å². The molecule has 3 rings (SSSR count). The summed E-state index contributed by atoms with van der Waals surface area (Å²) in [7, 11) is 0. The molecule has 0 aromatic heterocycles. The van der Waals surface area contributed by atoms with Gasteiger partial charge in [-0.2, -0.15) is 0 Å². The minimum Gasteiger partial charge on any atom is -0.508 e. The number of aliphatic hydroxyl groups is 2. The number of hydrogen-bond donors (Lipinski definition) is 7. The molecule has 7 N–H and O–H groups in total. The molecule has 0 unspecified atom stereocenters. The summed E-state index contributed by atoms with van der Waals surface area (Å²) in [6.07, 6.45) is 3.45. The highest BCUT2D eigenvalue weighted by atomic mass is 127. The molecule has 0 spiro atoms. The van der Waals surface area contributed by atoms with Crippen molar-refractivity contribution in [2.75, 3.05) is 43.5 Å². The molecule has 3 aromatic rings. The van der Waals surface area contributed by atoms with Crippen LogP contribution in [0.25, 0.3) is 0 Å². The first-order chi connectivity index (χ1) is 21.7. The maximum absolute atomic E-state index is 12.3. The van der Waals surface area contributed by atoms with Crippen LogP contribution in [0.2, 0.25) is 0 Å². The number of halogens is 1. The van der Waals surface area contributed by atoms with E-state index in [0.717, 1.165) is 54.0 Å². The van der Waals surface area contributed by atoms with Gasteiger partial charge in [-0.15, -0.1) is 0 Å². The van der Waals surface area contributed by atoms with E-state index in [2.05, 4.69) is 38.5 Å². The Morgan fingerprint density at radius 3 is 2.24 bits per heavy atom. The van der Waals surface area contributed by atoms with Gasteiger partial charge < -0.3 is 45.9 Å². The lowest BCUT2D eigenvalue weighted by atomic mass is 10.1. The maximum atomic E-state index is 12.3. The lowest BCUT2D eigenvalue weighted by Crippen LogP contribution is -2.22. The second kappa shape index (κ2) is 22.3. The van der Waals surface area contributed by atoms with E-state index < -0.39 is 12.1 Å². The van der Waals surface area contributed by atoms with E-state index in [-0.39, 0.29) is 18.4 Å². The fourth-order valence-corrected chi connectivity index (χ4v) is 4.66. The predicted octanol–water partition coefficient (Wildman–Crippen LogP) is 5.64. The van der Waals surface area contributed by atoms with Gasteiger partial charge in [0.2, 0.25) is 0 Å². The highest BCUT2D eigenvalue weighted by Crippen LogP contribution is 2.22. The van der Waals surface area contributed by atoms with E-state index in [9.17, 15) is 20.1 Å². The third kappa shape index (κ3) is 17.1. The number of hydrogen-bond acceptors (Lipinski definition) is 8. The van der Waals surface area contributed by atoms with E-state index in [1.165, 1.54) is 6.07 Å². The Morgan fingerprint density at radius 2 is 1.53 bits per heavy atom. The smallest absolute Gasteiger partial charge is 0.323 e. The fraction of sp³-hybridized carbons (Fsp3) is 0.394. The molecule has 0 aliphatic rings. The summed E-state index contributed by atoms with van der Waals surface area (Å²) in [5, 5.41) is 45.5. The standard InChI is InChI=1S/C31H40IN3O6.C2H4O2/c32-26-8-6-10-28(19-26)35-31(39)34-27-9-5-7-23(17-27)22-41-16-15-40-14-4-2-1-3-13-33-20-30(38)24-11-12-29(37)25(18-24)21-36;1-2(3)4/h5-12,17-19,30,33,36-38H,1-4,13-16,20-22H2,(H2,34,35,39);1H3,(H,3,4)/t30-;/m0./s1. The zero-order valence-corrected chi connectivity index (χ0v) is 27.7. The van der Waals surface area contributed by atoms with Crippen LogP contribution in [0.5, 0.6) is 5.75 Å². The Hall–Kier alpha value is -3.27. The zero-order chi connectivity index (χ0) is 32.9. The molecule has 11 nitrogen and oxygen atoms in total. The summed E-state index contributed by atoms with van der Waals surface area (Å²) < 4.78 is 12.4. The number of rotatable bonds is 18. The molecule has 45 heavy (non-hydrogen) atoms. The number of carboxylic acid groups (broad SMARTS) is 1. The van der Waals surface area contributed by atoms with Crippen molar-refractivity contribution >= 4 is 46.0 Å². The summed E-state index contributed by atoms with van der Waals surface area (Å²) in [5.74, 6) is -0.801. The fourth-order valence-electron chi connectivity index (χ4n) is 4.11. The Morgan fingerprint density at radius 1 is 0.867 bits per heavy atom. The maximum Gasteiger partial charge on any atom is 0.323 e. The molecule has 0 radical (unpaired) electrons. The number of phenols is 1. The quantitative estimate of drug-likeness (QED) is 0.0645. The molecular weight excluding hydrogens is 693 g/mol. The first-order valence-electron chi connectivity index (χ1n) is 14.8. The average molecular weight is 738 g/mol. The van der Waals surface area contributed by atoms with Crippen LogP contribution in [0.15, 0.2) is 66.7 Å². The van der Waals surface area contributed by atoms with Gasteiger partial charge in [0, 0.05) is 40.6 Å².